The number of rotatable bonds is 8. The molecule has 0 aliphatic rings. The lowest BCUT2D eigenvalue weighted by Crippen LogP contribution is -2.24. The molecule has 0 bridgehead atoms. The van der Waals surface area contributed by atoms with Gasteiger partial charge in [0.2, 0.25) is 0 Å². The molecular weight excluding hydrogens is 224 g/mol. The van der Waals surface area contributed by atoms with Gasteiger partial charge < -0.3 is 10.5 Å². The molecule has 0 saturated carbocycles. The number of hydrogen-bond acceptors (Lipinski definition) is 3. The van der Waals surface area contributed by atoms with Gasteiger partial charge in [-0.15, -0.1) is 0 Å². The van der Waals surface area contributed by atoms with E-state index in [1.165, 1.54) is 18.4 Å². The molecule has 3 heteroatoms. The molecule has 0 heterocycles. The number of anilines is 1. The van der Waals surface area contributed by atoms with E-state index in [1.54, 1.807) is 0 Å². The van der Waals surface area contributed by atoms with E-state index >= 15 is 0 Å². The Morgan fingerprint density at radius 3 is 2.61 bits per heavy atom. The fraction of sp³-hybridized carbons (Fsp3) is 0.600. The highest BCUT2D eigenvalue weighted by Gasteiger charge is 2.09. The second kappa shape index (κ2) is 7.98. The molecule has 1 rings (SSSR count). The second-order valence-corrected chi connectivity index (χ2v) is 4.52. The monoisotopic (exact) mass is 250 g/mol. The van der Waals surface area contributed by atoms with Crippen molar-refractivity contribution in [1.82, 2.24) is 4.90 Å². The molecule has 1 aromatic rings. The van der Waals surface area contributed by atoms with Crippen LogP contribution < -0.4 is 10.5 Å². The molecule has 0 aliphatic carbocycles. The largest absolute Gasteiger partial charge is 0.494 e. The predicted molar refractivity (Wildman–Crippen MR) is 77.9 cm³/mol. The summed E-state index contributed by atoms with van der Waals surface area (Å²) < 4.78 is 5.66. The molecule has 0 atom stereocenters. The fourth-order valence-corrected chi connectivity index (χ4v) is 1.99. The highest BCUT2D eigenvalue weighted by molar-refractivity contribution is 5.47. The molecule has 0 amide bonds. The third-order valence-electron chi connectivity index (χ3n) is 3.05. The highest BCUT2D eigenvalue weighted by atomic mass is 16.5. The number of unbranched alkanes of at least 4 members (excludes halogenated alkanes) is 1. The lowest BCUT2D eigenvalue weighted by Gasteiger charge is -2.22. The van der Waals surface area contributed by atoms with Crippen molar-refractivity contribution in [1.29, 1.82) is 0 Å². The maximum absolute atomic E-state index is 5.87. The van der Waals surface area contributed by atoms with Gasteiger partial charge in [0.1, 0.15) is 5.75 Å². The second-order valence-electron chi connectivity index (χ2n) is 4.52. The number of nitrogen functional groups attached to an aromatic ring is 1. The summed E-state index contributed by atoms with van der Waals surface area (Å²) in [5, 5.41) is 0. The van der Waals surface area contributed by atoms with E-state index in [9.17, 15) is 0 Å². The van der Waals surface area contributed by atoms with Crippen molar-refractivity contribution in [3.8, 4) is 5.75 Å². The van der Waals surface area contributed by atoms with Crippen molar-refractivity contribution >= 4 is 5.69 Å². The molecule has 0 unspecified atom stereocenters. The normalized spacial score (nSPS) is 10.9. The van der Waals surface area contributed by atoms with Crippen LogP contribution in [0.3, 0.4) is 0 Å². The molecule has 18 heavy (non-hydrogen) atoms. The quantitative estimate of drug-likeness (QED) is 0.719. The van der Waals surface area contributed by atoms with Crippen molar-refractivity contribution < 1.29 is 4.74 Å². The van der Waals surface area contributed by atoms with Crippen molar-refractivity contribution in [2.75, 3.05) is 25.4 Å². The summed E-state index contributed by atoms with van der Waals surface area (Å²) in [6.45, 7) is 10.2. The molecule has 1 aromatic carbocycles. The Kier molecular flexibility index (Phi) is 6.58. The van der Waals surface area contributed by atoms with Crippen LogP contribution in [-0.2, 0) is 6.54 Å². The summed E-state index contributed by atoms with van der Waals surface area (Å²) in [4.78, 5) is 2.43. The number of hydrogen-bond donors (Lipinski definition) is 1. The van der Waals surface area contributed by atoms with E-state index in [4.69, 9.17) is 10.5 Å². The van der Waals surface area contributed by atoms with E-state index in [2.05, 4.69) is 18.7 Å². The first-order valence-electron chi connectivity index (χ1n) is 6.94. The Morgan fingerprint density at radius 1 is 1.22 bits per heavy atom. The first-order chi connectivity index (χ1) is 8.71. The van der Waals surface area contributed by atoms with Crippen LogP contribution in [0.2, 0.25) is 0 Å². The third-order valence-corrected chi connectivity index (χ3v) is 3.05. The van der Waals surface area contributed by atoms with Crippen LogP contribution in [0.4, 0.5) is 5.69 Å². The van der Waals surface area contributed by atoms with Gasteiger partial charge in [0.15, 0.2) is 0 Å². The Bertz CT molecular complexity index is 352. The lowest BCUT2D eigenvalue weighted by molar-refractivity contribution is 0.266. The summed E-state index contributed by atoms with van der Waals surface area (Å²) in [5.74, 6) is 0.960. The van der Waals surface area contributed by atoms with Crippen LogP contribution >= 0.6 is 0 Å². The van der Waals surface area contributed by atoms with Crippen molar-refractivity contribution in [2.45, 2.75) is 40.2 Å². The molecule has 0 radical (unpaired) electrons. The van der Waals surface area contributed by atoms with Crippen LogP contribution in [0, 0.1) is 0 Å². The zero-order valence-electron chi connectivity index (χ0n) is 11.9. The van der Waals surface area contributed by atoms with Crippen LogP contribution in [0.25, 0.3) is 0 Å². The molecule has 0 fully saturated rings. The van der Waals surface area contributed by atoms with E-state index in [0.29, 0.717) is 6.61 Å². The molecule has 3 nitrogen and oxygen atoms in total. The van der Waals surface area contributed by atoms with Crippen molar-refractivity contribution in [3.63, 3.8) is 0 Å². The summed E-state index contributed by atoms with van der Waals surface area (Å²) in [5.41, 5.74) is 7.86. The van der Waals surface area contributed by atoms with Crippen molar-refractivity contribution in [3.05, 3.63) is 23.8 Å². The molecular formula is C15H26N2O. The van der Waals surface area contributed by atoms with Gasteiger partial charge in [-0.3, -0.25) is 4.90 Å². The fourth-order valence-electron chi connectivity index (χ4n) is 1.99. The summed E-state index contributed by atoms with van der Waals surface area (Å²) in [7, 11) is 0. The molecule has 102 valence electrons. The van der Waals surface area contributed by atoms with Crippen molar-refractivity contribution in [2.24, 2.45) is 0 Å². The lowest BCUT2D eigenvalue weighted by atomic mass is 10.1. The number of benzene rings is 1. The zero-order valence-corrected chi connectivity index (χ0v) is 11.9. The van der Waals surface area contributed by atoms with Crippen LogP contribution in [-0.4, -0.2) is 24.6 Å². The van der Waals surface area contributed by atoms with Crippen LogP contribution in [0.15, 0.2) is 18.2 Å². The average Bonchev–Trinajstić information content (AvgIpc) is 2.37. The maximum Gasteiger partial charge on any atom is 0.123 e. The molecule has 0 spiro atoms. The Morgan fingerprint density at radius 2 is 2.00 bits per heavy atom. The first-order valence-corrected chi connectivity index (χ1v) is 6.94. The van der Waals surface area contributed by atoms with Crippen LogP contribution in [0.1, 0.15) is 39.2 Å². The minimum Gasteiger partial charge on any atom is -0.494 e. The van der Waals surface area contributed by atoms with E-state index in [-0.39, 0.29) is 0 Å². The highest BCUT2D eigenvalue weighted by Crippen LogP contribution is 2.23. The minimum atomic E-state index is 0.692. The van der Waals surface area contributed by atoms with Gasteiger partial charge in [-0.1, -0.05) is 20.3 Å². The summed E-state index contributed by atoms with van der Waals surface area (Å²) in [6, 6.07) is 5.90. The number of nitrogens with two attached hydrogens (primary N) is 1. The third kappa shape index (κ3) is 4.57. The molecule has 0 aliphatic heterocycles. The van der Waals surface area contributed by atoms with Gasteiger partial charge in [0, 0.05) is 17.8 Å². The van der Waals surface area contributed by atoms with Gasteiger partial charge in [0.25, 0.3) is 0 Å². The number of ether oxygens (including phenoxy) is 1. The average molecular weight is 250 g/mol. The van der Waals surface area contributed by atoms with Gasteiger partial charge in [-0.05, 0) is 44.6 Å². The number of nitrogens with zero attached hydrogens (tertiary/aromatic N) is 1. The predicted octanol–water partition coefficient (Wildman–Crippen LogP) is 3.29. The molecule has 2 N–H and O–H groups in total. The minimum absolute atomic E-state index is 0.692. The molecule has 0 saturated heterocycles. The Balaban J connectivity index is 2.76. The smallest absolute Gasteiger partial charge is 0.123 e. The topological polar surface area (TPSA) is 38.5 Å². The van der Waals surface area contributed by atoms with E-state index in [1.807, 2.05) is 25.1 Å². The van der Waals surface area contributed by atoms with Gasteiger partial charge in [-0.2, -0.15) is 0 Å². The SMILES string of the molecule is CCCCN(CC)Cc1cc(N)ccc1OCC. The first kappa shape index (κ1) is 14.8. The molecule has 0 aromatic heterocycles. The summed E-state index contributed by atoms with van der Waals surface area (Å²) >= 11 is 0. The van der Waals surface area contributed by atoms with Gasteiger partial charge in [0.05, 0.1) is 6.61 Å². The van der Waals surface area contributed by atoms with E-state index in [0.717, 1.165) is 31.1 Å². The maximum atomic E-state index is 5.87. The van der Waals surface area contributed by atoms with Crippen LogP contribution in [0.5, 0.6) is 5.75 Å². The standard InChI is InChI=1S/C15H26N2O/c1-4-7-10-17(5-2)12-13-11-14(16)8-9-15(13)18-6-3/h8-9,11H,4-7,10,12,16H2,1-3H3. The Labute approximate surface area is 111 Å². The summed E-state index contributed by atoms with van der Waals surface area (Å²) in [6.07, 6.45) is 2.46. The Hall–Kier alpha value is -1.22. The zero-order chi connectivity index (χ0) is 13.4. The van der Waals surface area contributed by atoms with Gasteiger partial charge >= 0.3 is 0 Å². The van der Waals surface area contributed by atoms with Gasteiger partial charge in [-0.25, -0.2) is 0 Å². The van der Waals surface area contributed by atoms with E-state index < -0.39 is 0 Å².